The second-order valence-corrected chi connectivity index (χ2v) is 4.47. The van der Waals surface area contributed by atoms with Crippen LogP contribution in [-0.4, -0.2) is 31.0 Å². The molecule has 1 aromatic carbocycles. The Hall–Kier alpha value is -1.55. The summed E-state index contributed by atoms with van der Waals surface area (Å²) in [5, 5.41) is 3.25. The van der Waals surface area contributed by atoms with Crippen LogP contribution in [0.2, 0.25) is 0 Å². The quantitative estimate of drug-likeness (QED) is 0.865. The van der Waals surface area contributed by atoms with Crippen LogP contribution in [0.3, 0.4) is 0 Å². The lowest BCUT2D eigenvalue weighted by Gasteiger charge is -2.25. The van der Waals surface area contributed by atoms with E-state index in [0.717, 1.165) is 30.7 Å². The molecule has 0 bridgehead atoms. The van der Waals surface area contributed by atoms with Crippen molar-refractivity contribution in [2.75, 3.05) is 20.2 Å². The third-order valence-electron chi connectivity index (χ3n) is 3.26. The van der Waals surface area contributed by atoms with Gasteiger partial charge in [-0.1, -0.05) is 31.5 Å². The summed E-state index contributed by atoms with van der Waals surface area (Å²) in [7, 11) is 1.66. The van der Waals surface area contributed by atoms with Crippen LogP contribution in [0, 0.1) is 0 Å². The van der Waals surface area contributed by atoms with E-state index in [9.17, 15) is 4.79 Å². The predicted molar refractivity (Wildman–Crippen MR) is 70.4 cm³/mol. The van der Waals surface area contributed by atoms with Crippen molar-refractivity contribution in [2.24, 2.45) is 0 Å². The van der Waals surface area contributed by atoms with Gasteiger partial charge in [0.25, 0.3) is 0 Å². The minimum Gasteiger partial charge on any atom is -0.496 e. The van der Waals surface area contributed by atoms with E-state index in [1.54, 1.807) is 7.11 Å². The van der Waals surface area contributed by atoms with Gasteiger partial charge in [-0.05, 0) is 12.5 Å². The van der Waals surface area contributed by atoms with Crippen molar-refractivity contribution in [2.45, 2.75) is 25.9 Å². The minimum atomic E-state index is -0.0554. The van der Waals surface area contributed by atoms with Gasteiger partial charge in [0.2, 0.25) is 5.91 Å². The standard InChI is InChI=1S/C14H20N2O2/c1-3-4-9-16-13(17)10-15-14(16)11-7-5-6-8-12(11)18-2/h5-8,14-15H,3-4,9-10H2,1-2H3. The maximum absolute atomic E-state index is 11.9. The van der Waals surface area contributed by atoms with Crippen LogP contribution < -0.4 is 10.1 Å². The van der Waals surface area contributed by atoms with Crippen LogP contribution in [-0.2, 0) is 4.79 Å². The van der Waals surface area contributed by atoms with Gasteiger partial charge >= 0.3 is 0 Å². The van der Waals surface area contributed by atoms with Gasteiger partial charge in [0.1, 0.15) is 11.9 Å². The van der Waals surface area contributed by atoms with E-state index in [-0.39, 0.29) is 12.1 Å². The van der Waals surface area contributed by atoms with Crippen LogP contribution in [0.5, 0.6) is 5.75 Å². The van der Waals surface area contributed by atoms with E-state index < -0.39 is 0 Å². The van der Waals surface area contributed by atoms with Gasteiger partial charge in [0.15, 0.2) is 0 Å². The molecule has 1 amide bonds. The van der Waals surface area contributed by atoms with Crippen molar-refractivity contribution in [1.82, 2.24) is 10.2 Å². The molecule has 0 radical (unpaired) electrons. The van der Waals surface area contributed by atoms with Gasteiger partial charge in [0.05, 0.1) is 13.7 Å². The van der Waals surface area contributed by atoms with Crippen LogP contribution >= 0.6 is 0 Å². The highest BCUT2D eigenvalue weighted by molar-refractivity contribution is 5.81. The summed E-state index contributed by atoms with van der Waals surface area (Å²) in [5.41, 5.74) is 1.03. The Labute approximate surface area is 108 Å². The summed E-state index contributed by atoms with van der Waals surface area (Å²) in [6.07, 6.45) is 2.06. The van der Waals surface area contributed by atoms with Crippen molar-refractivity contribution < 1.29 is 9.53 Å². The normalized spacial score (nSPS) is 19.3. The van der Waals surface area contributed by atoms with E-state index in [1.165, 1.54) is 0 Å². The number of nitrogens with zero attached hydrogens (tertiary/aromatic N) is 1. The summed E-state index contributed by atoms with van der Waals surface area (Å²) in [6, 6.07) is 7.85. The molecule has 1 saturated heterocycles. The van der Waals surface area contributed by atoms with E-state index in [0.29, 0.717) is 6.54 Å². The molecule has 1 heterocycles. The van der Waals surface area contributed by atoms with Crippen LogP contribution in [0.4, 0.5) is 0 Å². The first kappa shape index (κ1) is 12.9. The van der Waals surface area contributed by atoms with E-state index in [4.69, 9.17) is 4.74 Å². The maximum atomic E-state index is 11.9. The fraction of sp³-hybridized carbons (Fsp3) is 0.500. The molecule has 4 nitrogen and oxygen atoms in total. The van der Waals surface area contributed by atoms with Crippen molar-refractivity contribution in [3.8, 4) is 5.75 Å². The lowest BCUT2D eigenvalue weighted by atomic mass is 10.1. The topological polar surface area (TPSA) is 41.6 Å². The van der Waals surface area contributed by atoms with Crippen molar-refractivity contribution >= 4 is 5.91 Å². The van der Waals surface area contributed by atoms with Crippen molar-refractivity contribution in [3.63, 3.8) is 0 Å². The molecule has 1 aromatic rings. The first-order valence-corrected chi connectivity index (χ1v) is 6.43. The highest BCUT2D eigenvalue weighted by Gasteiger charge is 2.32. The Morgan fingerprint density at radius 3 is 2.94 bits per heavy atom. The van der Waals surface area contributed by atoms with Gasteiger partial charge in [-0.25, -0.2) is 0 Å². The Balaban J connectivity index is 2.22. The summed E-state index contributed by atoms with van der Waals surface area (Å²) >= 11 is 0. The lowest BCUT2D eigenvalue weighted by molar-refractivity contribution is -0.128. The Kier molecular flexibility index (Phi) is 4.20. The lowest BCUT2D eigenvalue weighted by Crippen LogP contribution is -2.31. The first-order chi connectivity index (χ1) is 8.77. The molecule has 0 aliphatic carbocycles. The zero-order chi connectivity index (χ0) is 13.0. The van der Waals surface area contributed by atoms with Gasteiger partial charge in [0, 0.05) is 12.1 Å². The van der Waals surface area contributed by atoms with E-state index in [1.807, 2.05) is 29.2 Å². The zero-order valence-corrected chi connectivity index (χ0v) is 11.0. The number of hydrogen-bond acceptors (Lipinski definition) is 3. The molecule has 0 saturated carbocycles. The smallest absolute Gasteiger partial charge is 0.238 e. The summed E-state index contributed by atoms with van der Waals surface area (Å²) < 4.78 is 5.37. The fourth-order valence-electron chi connectivity index (χ4n) is 2.29. The number of carbonyl (C=O) groups is 1. The number of hydrogen-bond donors (Lipinski definition) is 1. The fourth-order valence-corrected chi connectivity index (χ4v) is 2.29. The number of para-hydroxylation sites is 1. The molecule has 0 aromatic heterocycles. The molecule has 98 valence electrons. The number of amides is 1. The second kappa shape index (κ2) is 5.87. The monoisotopic (exact) mass is 248 g/mol. The molecule has 1 aliphatic heterocycles. The number of carbonyl (C=O) groups excluding carboxylic acids is 1. The molecule has 1 atom stereocenters. The molecule has 1 unspecified atom stereocenters. The summed E-state index contributed by atoms with van der Waals surface area (Å²) in [5.74, 6) is 0.991. The largest absolute Gasteiger partial charge is 0.496 e. The molecule has 2 rings (SSSR count). The molecule has 1 fully saturated rings. The minimum absolute atomic E-state index is 0.0554. The van der Waals surface area contributed by atoms with Crippen LogP contribution in [0.15, 0.2) is 24.3 Å². The Morgan fingerprint density at radius 1 is 1.44 bits per heavy atom. The summed E-state index contributed by atoms with van der Waals surface area (Å²) in [4.78, 5) is 13.8. The van der Waals surface area contributed by atoms with Crippen LogP contribution in [0.1, 0.15) is 31.5 Å². The van der Waals surface area contributed by atoms with Gasteiger partial charge in [-0.2, -0.15) is 0 Å². The van der Waals surface area contributed by atoms with Crippen molar-refractivity contribution in [3.05, 3.63) is 29.8 Å². The molecule has 1 N–H and O–H groups in total. The zero-order valence-electron chi connectivity index (χ0n) is 11.0. The molecule has 0 spiro atoms. The predicted octanol–water partition coefficient (Wildman–Crippen LogP) is 1.93. The van der Waals surface area contributed by atoms with Crippen LogP contribution in [0.25, 0.3) is 0 Å². The maximum Gasteiger partial charge on any atom is 0.238 e. The number of rotatable bonds is 5. The number of nitrogens with one attached hydrogen (secondary N) is 1. The first-order valence-electron chi connectivity index (χ1n) is 6.43. The van der Waals surface area contributed by atoms with Crippen molar-refractivity contribution in [1.29, 1.82) is 0 Å². The SMILES string of the molecule is CCCCN1C(=O)CNC1c1ccccc1OC. The third-order valence-corrected chi connectivity index (χ3v) is 3.26. The summed E-state index contributed by atoms with van der Waals surface area (Å²) in [6.45, 7) is 3.34. The molecule has 18 heavy (non-hydrogen) atoms. The number of benzene rings is 1. The van der Waals surface area contributed by atoms with E-state index in [2.05, 4.69) is 12.2 Å². The van der Waals surface area contributed by atoms with Gasteiger partial charge < -0.3 is 9.64 Å². The highest BCUT2D eigenvalue weighted by Crippen LogP contribution is 2.30. The van der Waals surface area contributed by atoms with Gasteiger partial charge in [-0.15, -0.1) is 0 Å². The average Bonchev–Trinajstić information content (AvgIpc) is 2.77. The Bertz CT molecular complexity index is 420. The van der Waals surface area contributed by atoms with E-state index >= 15 is 0 Å². The molecular weight excluding hydrogens is 228 g/mol. The molecular formula is C14H20N2O2. The molecule has 4 heteroatoms. The second-order valence-electron chi connectivity index (χ2n) is 4.47. The Morgan fingerprint density at radius 2 is 2.22 bits per heavy atom. The highest BCUT2D eigenvalue weighted by atomic mass is 16.5. The third kappa shape index (κ3) is 2.48. The number of unbranched alkanes of at least 4 members (excludes halogenated alkanes) is 1. The number of methoxy groups -OCH3 is 1. The average molecular weight is 248 g/mol. The van der Waals surface area contributed by atoms with Gasteiger partial charge in [-0.3, -0.25) is 10.1 Å². The number of ether oxygens (including phenoxy) is 1. The molecule has 1 aliphatic rings.